The molecule has 1 saturated carbocycles. The lowest BCUT2D eigenvalue weighted by Crippen LogP contribution is -2.38. The number of hydrogen-bond donors (Lipinski definition) is 1. The Bertz CT molecular complexity index is 324. The van der Waals surface area contributed by atoms with Gasteiger partial charge in [-0.15, -0.1) is 0 Å². The molecule has 0 bridgehead atoms. The van der Waals surface area contributed by atoms with Crippen LogP contribution in [0.3, 0.4) is 0 Å². The van der Waals surface area contributed by atoms with E-state index in [4.69, 9.17) is 5.73 Å². The molecule has 17 heavy (non-hydrogen) atoms. The normalized spacial score (nSPS) is 33.7. The molecule has 0 aromatic heterocycles. The van der Waals surface area contributed by atoms with Crippen LogP contribution >= 0.6 is 0 Å². The van der Waals surface area contributed by atoms with Crippen LogP contribution < -0.4 is 5.73 Å². The molecule has 2 N–H and O–H groups in total. The molecule has 3 nitrogen and oxygen atoms in total. The predicted octanol–water partition coefficient (Wildman–Crippen LogP) is 1.93. The van der Waals surface area contributed by atoms with Gasteiger partial charge in [-0.25, -0.2) is 0 Å². The van der Waals surface area contributed by atoms with Crippen molar-refractivity contribution in [2.75, 3.05) is 13.1 Å². The Morgan fingerprint density at radius 1 is 1.41 bits per heavy atom. The zero-order valence-electron chi connectivity index (χ0n) is 11.0. The van der Waals surface area contributed by atoms with Crippen LogP contribution in [0.5, 0.6) is 0 Å². The van der Waals surface area contributed by atoms with Crippen molar-refractivity contribution in [3.05, 3.63) is 11.6 Å². The first-order valence-corrected chi connectivity index (χ1v) is 6.85. The van der Waals surface area contributed by atoms with Gasteiger partial charge in [0.25, 0.3) is 0 Å². The molecule has 3 unspecified atom stereocenters. The molecule has 1 saturated heterocycles. The van der Waals surface area contributed by atoms with Crippen molar-refractivity contribution in [3.8, 4) is 0 Å². The van der Waals surface area contributed by atoms with E-state index >= 15 is 0 Å². The average molecular weight is 236 g/mol. The number of carbonyl (C=O) groups is 1. The molecule has 96 valence electrons. The second-order valence-electron chi connectivity index (χ2n) is 5.52. The van der Waals surface area contributed by atoms with Gasteiger partial charge in [-0.2, -0.15) is 0 Å². The summed E-state index contributed by atoms with van der Waals surface area (Å²) in [5, 5.41) is 0. The number of carbonyl (C=O) groups excluding carboxylic acids is 1. The van der Waals surface area contributed by atoms with Gasteiger partial charge in [0.2, 0.25) is 5.91 Å². The summed E-state index contributed by atoms with van der Waals surface area (Å²) in [5.41, 5.74) is 7.05. The average Bonchev–Trinajstić information content (AvgIpc) is 2.73. The van der Waals surface area contributed by atoms with E-state index in [0.29, 0.717) is 17.9 Å². The second-order valence-corrected chi connectivity index (χ2v) is 5.52. The summed E-state index contributed by atoms with van der Waals surface area (Å²) in [6.45, 7) is 5.79. The molecule has 1 aliphatic heterocycles. The Morgan fingerprint density at radius 2 is 2.18 bits per heavy atom. The molecule has 1 heterocycles. The van der Waals surface area contributed by atoms with Gasteiger partial charge in [-0.1, -0.05) is 19.4 Å². The molecule has 2 fully saturated rings. The van der Waals surface area contributed by atoms with Gasteiger partial charge < -0.3 is 10.6 Å². The number of nitrogens with zero attached hydrogens (tertiary/aromatic N) is 1. The molecular formula is C14H24N2O. The fourth-order valence-corrected chi connectivity index (χ4v) is 3.33. The van der Waals surface area contributed by atoms with Crippen LogP contribution in [0.4, 0.5) is 0 Å². The fourth-order valence-electron chi connectivity index (χ4n) is 3.33. The number of amides is 1. The zero-order valence-corrected chi connectivity index (χ0v) is 11.0. The van der Waals surface area contributed by atoms with Crippen molar-refractivity contribution in [2.45, 2.75) is 45.6 Å². The van der Waals surface area contributed by atoms with Crippen molar-refractivity contribution in [1.29, 1.82) is 0 Å². The van der Waals surface area contributed by atoms with E-state index in [1.165, 1.54) is 12.8 Å². The smallest absolute Gasteiger partial charge is 0.249 e. The van der Waals surface area contributed by atoms with Crippen LogP contribution in [-0.2, 0) is 4.79 Å². The molecule has 0 aromatic carbocycles. The van der Waals surface area contributed by atoms with Gasteiger partial charge in [0.15, 0.2) is 0 Å². The second kappa shape index (κ2) is 5.21. The quantitative estimate of drug-likeness (QED) is 0.745. The number of fused-ring (bicyclic) bond motifs is 1. The van der Waals surface area contributed by atoms with Crippen LogP contribution in [-0.4, -0.2) is 29.9 Å². The van der Waals surface area contributed by atoms with Gasteiger partial charge in [-0.05, 0) is 38.0 Å². The van der Waals surface area contributed by atoms with Crippen molar-refractivity contribution in [2.24, 2.45) is 17.6 Å². The highest BCUT2D eigenvalue weighted by Crippen LogP contribution is 2.35. The van der Waals surface area contributed by atoms with Gasteiger partial charge in [-0.3, -0.25) is 4.79 Å². The lowest BCUT2D eigenvalue weighted by Gasteiger charge is -2.29. The fraction of sp³-hybridized carbons (Fsp3) is 0.786. The van der Waals surface area contributed by atoms with Crippen molar-refractivity contribution in [1.82, 2.24) is 4.90 Å². The summed E-state index contributed by atoms with van der Waals surface area (Å²) < 4.78 is 0. The maximum absolute atomic E-state index is 12.2. The summed E-state index contributed by atoms with van der Waals surface area (Å²) >= 11 is 0. The predicted molar refractivity (Wildman–Crippen MR) is 69.4 cm³/mol. The molecule has 2 aliphatic rings. The molecule has 1 aliphatic carbocycles. The highest BCUT2D eigenvalue weighted by atomic mass is 16.2. The first kappa shape index (κ1) is 12.6. The number of nitrogens with two attached hydrogens (primary N) is 1. The maximum Gasteiger partial charge on any atom is 0.249 e. The Kier molecular flexibility index (Phi) is 3.87. The molecule has 0 radical (unpaired) electrons. The minimum absolute atomic E-state index is 0.216. The minimum atomic E-state index is 0.216. The SMILES string of the molecule is CC/C=C(/C)C(=O)N1CC2CCCC(N)C2C1. The van der Waals surface area contributed by atoms with E-state index in [1.54, 1.807) is 0 Å². The van der Waals surface area contributed by atoms with Crippen molar-refractivity contribution in [3.63, 3.8) is 0 Å². The molecule has 1 amide bonds. The van der Waals surface area contributed by atoms with E-state index in [2.05, 4.69) is 6.92 Å². The summed E-state index contributed by atoms with van der Waals surface area (Å²) in [5.74, 6) is 1.41. The molecule has 0 spiro atoms. The molecule has 3 heteroatoms. The number of hydrogen-bond acceptors (Lipinski definition) is 2. The van der Waals surface area contributed by atoms with Gasteiger partial charge >= 0.3 is 0 Å². The van der Waals surface area contributed by atoms with Gasteiger partial charge in [0.05, 0.1) is 0 Å². The highest BCUT2D eigenvalue weighted by molar-refractivity contribution is 5.93. The molecule has 2 rings (SSSR count). The van der Waals surface area contributed by atoms with Crippen LogP contribution in [0.25, 0.3) is 0 Å². The number of allylic oxidation sites excluding steroid dienone is 1. The summed E-state index contributed by atoms with van der Waals surface area (Å²) in [7, 11) is 0. The highest BCUT2D eigenvalue weighted by Gasteiger charge is 2.40. The maximum atomic E-state index is 12.2. The Labute approximate surface area is 104 Å². The first-order valence-electron chi connectivity index (χ1n) is 6.85. The van der Waals surface area contributed by atoms with E-state index in [-0.39, 0.29) is 5.91 Å². The molecular weight excluding hydrogens is 212 g/mol. The Hall–Kier alpha value is -0.830. The van der Waals surface area contributed by atoms with Crippen molar-refractivity contribution >= 4 is 5.91 Å². The van der Waals surface area contributed by atoms with Gasteiger partial charge in [0, 0.05) is 24.7 Å². The van der Waals surface area contributed by atoms with Crippen molar-refractivity contribution < 1.29 is 4.79 Å². The largest absolute Gasteiger partial charge is 0.338 e. The summed E-state index contributed by atoms with van der Waals surface area (Å²) in [4.78, 5) is 14.2. The topological polar surface area (TPSA) is 46.3 Å². The zero-order chi connectivity index (χ0) is 12.4. The lowest BCUT2D eigenvalue weighted by molar-refractivity contribution is -0.126. The van der Waals surface area contributed by atoms with E-state index < -0.39 is 0 Å². The van der Waals surface area contributed by atoms with E-state index in [9.17, 15) is 4.79 Å². The van der Waals surface area contributed by atoms with Crippen LogP contribution in [0.15, 0.2) is 11.6 Å². The number of rotatable bonds is 2. The van der Waals surface area contributed by atoms with Crippen LogP contribution in [0.2, 0.25) is 0 Å². The lowest BCUT2D eigenvalue weighted by atomic mass is 9.78. The Balaban J connectivity index is 2.01. The number of likely N-dealkylation sites (tertiary alicyclic amines) is 1. The minimum Gasteiger partial charge on any atom is -0.338 e. The first-order chi connectivity index (χ1) is 8.13. The third kappa shape index (κ3) is 2.54. The summed E-state index contributed by atoms with van der Waals surface area (Å²) in [6, 6.07) is 0.307. The van der Waals surface area contributed by atoms with Crippen LogP contribution in [0.1, 0.15) is 39.5 Å². The third-order valence-corrected chi connectivity index (χ3v) is 4.29. The van der Waals surface area contributed by atoms with Gasteiger partial charge in [0.1, 0.15) is 0 Å². The monoisotopic (exact) mass is 236 g/mol. The summed E-state index contributed by atoms with van der Waals surface area (Å²) in [6.07, 6.45) is 6.56. The molecule has 0 aromatic rings. The van der Waals surface area contributed by atoms with E-state index in [1.807, 2.05) is 17.9 Å². The molecule has 3 atom stereocenters. The third-order valence-electron chi connectivity index (χ3n) is 4.29. The Morgan fingerprint density at radius 3 is 2.82 bits per heavy atom. The standard InChI is InChI=1S/C14H24N2O/c1-3-5-10(2)14(17)16-8-11-6-4-7-13(15)12(11)9-16/h5,11-13H,3-4,6-9,15H2,1-2H3/b10-5-. The van der Waals surface area contributed by atoms with E-state index in [0.717, 1.165) is 31.5 Å². The van der Waals surface area contributed by atoms with Crippen LogP contribution in [0, 0.1) is 11.8 Å².